The van der Waals surface area contributed by atoms with Gasteiger partial charge in [-0.15, -0.1) is 0 Å². The number of nitrogens with zero attached hydrogens (tertiary/aromatic N) is 2. The third kappa shape index (κ3) is 4.03. The Balaban J connectivity index is 1.70. The van der Waals surface area contributed by atoms with Gasteiger partial charge in [-0.1, -0.05) is 25.4 Å². The normalized spacial score (nSPS) is 15.8. The molecule has 1 unspecified atom stereocenters. The van der Waals surface area contributed by atoms with Gasteiger partial charge in [-0.2, -0.15) is 18.4 Å². The predicted octanol–water partition coefficient (Wildman–Crippen LogP) is 5.23. The van der Waals surface area contributed by atoms with E-state index in [9.17, 15) is 18.3 Å². The first-order valence-electron chi connectivity index (χ1n) is 10.1. The average Bonchev–Trinajstić information content (AvgIpc) is 3.30. The van der Waals surface area contributed by atoms with E-state index >= 15 is 0 Å². The van der Waals surface area contributed by atoms with Crippen molar-refractivity contribution in [3.63, 3.8) is 0 Å². The zero-order chi connectivity index (χ0) is 23.3. The summed E-state index contributed by atoms with van der Waals surface area (Å²) in [7, 11) is 0. The van der Waals surface area contributed by atoms with E-state index in [1.54, 1.807) is 32.0 Å². The van der Waals surface area contributed by atoms with Gasteiger partial charge in [0, 0.05) is 29.1 Å². The summed E-state index contributed by atoms with van der Waals surface area (Å²) in [6.07, 6.45) is -5.56. The molecule has 0 aliphatic carbocycles. The molecule has 0 saturated carbocycles. The lowest BCUT2D eigenvalue weighted by molar-refractivity contribution is -0.266. The average molecular weight is 464 g/mol. The number of alkyl halides is 3. The summed E-state index contributed by atoms with van der Waals surface area (Å²) >= 11 is 6.22. The number of pyridine rings is 1. The summed E-state index contributed by atoms with van der Waals surface area (Å²) in [5, 5.41) is 20.4. The number of aromatic amines is 1. The molecule has 3 aromatic rings. The van der Waals surface area contributed by atoms with Crippen LogP contribution in [-0.4, -0.2) is 33.5 Å². The molecule has 5 nitrogen and oxygen atoms in total. The van der Waals surface area contributed by atoms with E-state index in [2.05, 4.69) is 9.97 Å². The highest BCUT2D eigenvalue weighted by atomic mass is 35.5. The van der Waals surface area contributed by atoms with Crippen LogP contribution in [0.4, 0.5) is 13.2 Å². The number of benzene rings is 1. The molecular weight excluding hydrogens is 443 g/mol. The minimum absolute atomic E-state index is 0.157. The summed E-state index contributed by atoms with van der Waals surface area (Å²) in [6.45, 7) is 3.72. The fourth-order valence-electron chi connectivity index (χ4n) is 4.40. The Kier molecular flexibility index (Phi) is 5.38. The van der Waals surface area contributed by atoms with Crippen molar-refractivity contribution in [2.75, 3.05) is 6.61 Å². The SMILES string of the molecule is CC(C)(CC(O)(Cc1cc2nc(C#N)ccc2[nH]1)C(F)(F)F)c1cc(Cl)cc2c1OCC2. The predicted molar refractivity (Wildman–Crippen MR) is 114 cm³/mol. The van der Waals surface area contributed by atoms with Crippen LogP contribution in [0.3, 0.4) is 0 Å². The van der Waals surface area contributed by atoms with Crippen LogP contribution in [-0.2, 0) is 18.3 Å². The van der Waals surface area contributed by atoms with Crippen LogP contribution >= 0.6 is 11.6 Å². The third-order valence-electron chi connectivity index (χ3n) is 5.87. The summed E-state index contributed by atoms with van der Waals surface area (Å²) in [5.74, 6) is 0.544. The molecule has 3 heterocycles. The Bertz CT molecular complexity index is 1230. The summed E-state index contributed by atoms with van der Waals surface area (Å²) in [5.41, 5.74) is -1.54. The van der Waals surface area contributed by atoms with Gasteiger partial charge in [0.2, 0.25) is 0 Å². The monoisotopic (exact) mass is 463 g/mol. The van der Waals surface area contributed by atoms with E-state index in [1.807, 2.05) is 6.07 Å². The van der Waals surface area contributed by atoms with Crippen LogP contribution < -0.4 is 4.74 Å². The van der Waals surface area contributed by atoms with Gasteiger partial charge in [-0.25, -0.2) is 4.98 Å². The standard InChI is InChI=1S/C23H21ClF3N3O2/c1-21(2,17-8-14(24)7-13-5-6-32-20(13)17)12-22(31,23(25,26)27)10-16-9-19-18(30-16)4-3-15(11-28)29-19/h3-4,7-9,30-31H,5-6,10,12H2,1-2H3. The Morgan fingerprint density at radius 3 is 2.69 bits per heavy atom. The molecule has 2 N–H and O–H groups in total. The third-order valence-corrected chi connectivity index (χ3v) is 6.09. The first-order valence-corrected chi connectivity index (χ1v) is 10.4. The van der Waals surface area contributed by atoms with Crippen LogP contribution in [0.5, 0.6) is 5.75 Å². The van der Waals surface area contributed by atoms with Gasteiger partial charge in [0.05, 0.1) is 17.6 Å². The van der Waals surface area contributed by atoms with Gasteiger partial charge in [-0.05, 0) is 47.7 Å². The molecule has 0 radical (unpaired) electrons. The molecule has 4 rings (SSSR count). The smallest absolute Gasteiger partial charge is 0.417 e. The number of halogens is 4. The fraction of sp³-hybridized carbons (Fsp3) is 0.391. The number of hydrogen-bond donors (Lipinski definition) is 2. The van der Waals surface area contributed by atoms with Gasteiger partial charge in [0.1, 0.15) is 17.5 Å². The lowest BCUT2D eigenvalue weighted by Crippen LogP contribution is -2.51. The van der Waals surface area contributed by atoms with Crippen LogP contribution in [0.25, 0.3) is 11.0 Å². The minimum Gasteiger partial charge on any atom is -0.493 e. The highest BCUT2D eigenvalue weighted by Crippen LogP contribution is 2.47. The van der Waals surface area contributed by atoms with Gasteiger partial charge in [0.15, 0.2) is 5.60 Å². The Hall–Kier alpha value is -2.76. The van der Waals surface area contributed by atoms with Crippen LogP contribution in [0, 0.1) is 11.3 Å². The summed E-state index contributed by atoms with van der Waals surface area (Å²) < 4.78 is 48.2. The Labute approximate surface area is 187 Å². The van der Waals surface area contributed by atoms with E-state index in [1.165, 1.54) is 12.1 Å². The molecule has 0 fully saturated rings. The van der Waals surface area contributed by atoms with E-state index in [-0.39, 0.29) is 11.4 Å². The molecule has 0 spiro atoms. The molecule has 0 saturated heterocycles. The number of fused-ring (bicyclic) bond motifs is 2. The number of nitriles is 1. The molecule has 168 valence electrons. The lowest BCUT2D eigenvalue weighted by atomic mass is 9.73. The molecule has 2 aromatic heterocycles. The highest BCUT2D eigenvalue weighted by molar-refractivity contribution is 6.30. The first-order chi connectivity index (χ1) is 14.9. The van der Waals surface area contributed by atoms with Crippen LogP contribution in [0.1, 0.15) is 42.8 Å². The molecule has 0 bridgehead atoms. The summed E-state index contributed by atoms with van der Waals surface area (Å²) in [4.78, 5) is 6.96. The molecule has 9 heteroatoms. The zero-order valence-corrected chi connectivity index (χ0v) is 18.2. The lowest BCUT2D eigenvalue weighted by Gasteiger charge is -2.38. The van der Waals surface area contributed by atoms with Crippen molar-refractivity contribution < 1.29 is 23.0 Å². The maximum absolute atomic E-state index is 14.2. The van der Waals surface area contributed by atoms with Crippen molar-refractivity contribution >= 4 is 22.6 Å². The number of ether oxygens (including phenoxy) is 1. The van der Waals surface area contributed by atoms with Gasteiger partial charge in [0.25, 0.3) is 0 Å². The van der Waals surface area contributed by atoms with Crippen LogP contribution in [0.15, 0.2) is 30.3 Å². The zero-order valence-electron chi connectivity index (χ0n) is 17.5. The quantitative estimate of drug-likeness (QED) is 0.543. The molecule has 1 aromatic carbocycles. The second-order valence-corrected chi connectivity index (χ2v) is 9.28. The number of H-pyrrole nitrogens is 1. The van der Waals surface area contributed by atoms with Crippen molar-refractivity contribution in [3.8, 4) is 11.8 Å². The van der Waals surface area contributed by atoms with Gasteiger partial charge < -0.3 is 14.8 Å². The molecule has 0 amide bonds. The first kappa shape index (κ1) is 22.4. The second-order valence-electron chi connectivity index (χ2n) is 8.84. The van der Waals surface area contributed by atoms with E-state index < -0.39 is 30.0 Å². The number of hydrogen-bond acceptors (Lipinski definition) is 4. The van der Waals surface area contributed by atoms with E-state index in [4.69, 9.17) is 21.6 Å². The Morgan fingerprint density at radius 1 is 1.25 bits per heavy atom. The van der Waals surface area contributed by atoms with Crippen molar-refractivity contribution in [1.29, 1.82) is 5.26 Å². The number of aliphatic hydroxyl groups is 1. The maximum atomic E-state index is 14.2. The van der Waals surface area contributed by atoms with Gasteiger partial charge >= 0.3 is 6.18 Å². The van der Waals surface area contributed by atoms with Crippen molar-refractivity contribution in [2.24, 2.45) is 0 Å². The van der Waals surface area contributed by atoms with Crippen molar-refractivity contribution in [2.45, 2.75) is 50.3 Å². The van der Waals surface area contributed by atoms with E-state index in [0.717, 1.165) is 5.56 Å². The van der Waals surface area contributed by atoms with E-state index in [0.29, 0.717) is 40.4 Å². The van der Waals surface area contributed by atoms with Crippen LogP contribution in [0.2, 0.25) is 5.02 Å². The maximum Gasteiger partial charge on any atom is 0.417 e. The largest absolute Gasteiger partial charge is 0.493 e. The van der Waals surface area contributed by atoms with Crippen molar-refractivity contribution in [1.82, 2.24) is 9.97 Å². The molecular formula is C23H21ClF3N3O2. The fourth-order valence-corrected chi connectivity index (χ4v) is 4.64. The number of aromatic nitrogens is 2. The highest BCUT2D eigenvalue weighted by Gasteiger charge is 2.56. The number of nitrogens with one attached hydrogen (secondary N) is 1. The topological polar surface area (TPSA) is 81.9 Å². The second kappa shape index (κ2) is 7.68. The summed E-state index contributed by atoms with van der Waals surface area (Å²) in [6, 6.07) is 9.75. The molecule has 32 heavy (non-hydrogen) atoms. The van der Waals surface area contributed by atoms with Gasteiger partial charge in [-0.3, -0.25) is 0 Å². The Morgan fingerprint density at radius 2 is 2.00 bits per heavy atom. The molecule has 1 atom stereocenters. The molecule has 1 aliphatic rings. The minimum atomic E-state index is -4.89. The molecule has 1 aliphatic heterocycles. The number of rotatable bonds is 5. The van der Waals surface area contributed by atoms with Crippen molar-refractivity contribution in [3.05, 3.63) is 57.9 Å².